The Labute approximate surface area is 181 Å². The molecule has 0 bridgehead atoms. The second-order valence-electron chi connectivity index (χ2n) is 9.01. The highest BCUT2D eigenvalue weighted by atomic mass is 35.6. The number of esters is 1. The fourth-order valence-electron chi connectivity index (χ4n) is 3.58. The van der Waals surface area contributed by atoms with Crippen molar-refractivity contribution in [3.05, 3.63) is 12.7 Å². The van der Waals surface area contributed by atoms with Gasteiger partial charge in [-0.2, -0.15) is 11.1 Å². The van der Waals surface area contributed by atoms with E-state index in [1.807, 2.05) is 6.92 Å². The number of carbonyl (C=O) groups excluding carboxylic acids is 1. The van der Waals surface area contributed by atoms with E-state index in [1.165, 1.54) is 102 Å². The lowest BCUT2D eigenvalue weighted by Gasteiger charge is -2.11. The maximum atomic E-state index is 11.1. The van der Waals surface area contributed by atoms with E-state index in [2.05, 4.69) is 19.7 Å². The Hall–Kier alpha value is -0.283. The van der Waals surface area contributed by atoms with Crippen LogP contribution in [0.2, 0.25) is 19.1 Å². The van der Waals surface area contributed by atoms with Crippen LogP contribution in [0.5, 0.6) is 0 Å². The van der Waals surface area contributed by atoms with Crippen LogP contribution in [0.25, 0.3) is 0 Å². The van der Waals surface area contributed by atoms with E-state index in [4.69, 9.17) is 15.8 Å². The number of ether oxygens (including phenoxy) is 1. The lowest BCUT2D eigenvalue weighted by atomic mass is 10.0. The molecule has 0 aliphatic carbocycles. The first-order chi connectivity index (χ1) is 13.3. The summed E-state index contributed by atoms with van der Waals surface area (Å²) in [6.07, 6.45) is 22.7. The van der Waals surface area contributed by atoms with Crippen molar-refractivity contribution in [1.82, 2.24) is 0 Å². The lowest BCUT2D eigenvalue weighted by Crippen LogP contribution is -2.14. The molecule has 0 aliphatic heterocycles. The molecule has 0 spiro atoms. The Morgan fingerprint density at radius 1 is 0.821 bits per heavy atom. The minimum Gasteiger partial charge on any atom is -0.460 e. The van der Waals surface area contributed by atoms with Gasteiger partial charge in [-0.05, 0) is 25.8 Å². The minimum absolute atomic E-state index is 0.0185. The number of rotatable bonds is 20. The Morgan fingerprint density at radius 2 is 1.18 bits per heavy atom. The molecule has 0 fully saturated rings. The summed E-state index contributed by atoms with van der Waals surface area (Å²) in [5.41, 5.74) is 0. The first-order valence-electron chi connectivity index (χ1n) is 11.9. The molecule has 1 unspecified atom stereocenters. The van der Waals surface area contributed by atoms with Gasteiger partial charge in [0.2, 0.25) is 0 Å². The van der Waals surface area contributed by atoms with Gasteiger partial charge in [-0.25, -0.2) is 4.79 Å². The second-order valence-corrected chi connectivity index (χ2v) is 16.0. The average Bonchev–Trinajstić information content (AvgIpc) is 2.63. The van der Waals surface area contributed by atoms with Crippen LogP contribution in [-0.4, -0.2) is 19.5 Å². The zero-order valence-corrected chi connectivity index (χ0v) is 20.8. The molecule has 0 aromatic carbocycles. The van der Waals surface area contributed by atoms with E-state index < -0.39 is 7.38 Å². The molecule has 0 saturated carbocycles. The van der Waals surface area contributed by atoms with E-state index in [0.717, 1.165) is 12.8 Å². The molecule has 4 heteroatoms. The third-order valence-corrected chi connectivity index (χ3v) is 7.48. The lowest BCUT2D eigenvalue weighted by molar-refractivity contribution is -0.142. The van der Waals surface area contributed by atoms with Crippen LogP contribution in [0.4, 0.5) is 0 Å². The smallest absolute Gasteiger partial charge is 0.330 e. The molecule has 1 atom stereocenters. The first-order valence-corrected chi connectivity index (χ1v) is 16.1. The summed E-state index contributed by atoms with van der Waals surface area (Å²) in [6, 6.07) is 1.28. The van der Waals surface area contributed by atoms with Gasteiger partial charge in [0, 0.05) is 6.08 Å². The zero-order valence-electron chi connectivity index (χ0n) is 19.1. The van der Waals surface area contributed by atoms with Gasteiger partial charge in [0.1, 0.15) is 7.38 Å². The minimum atomic E-state index is -1.32. The molecule has 0 rings (SSSR count). The molecule has 2 nitrogen and oxygen atoms in total. The molecule has 0 radical (unpaired) electrons. The van der Waals surface area contributed by atoms with Gasteiger partial charge in [-0.1, -0.05) is 110 Å². The molecule has 0 aliphatic rings. The van der Waals surface area contributed by atoms with Crippen LogP contribution in [0, 0.1) is 0 Å². The molecule has 166 valence electrons. The highest BCUT2D eigenvalue weighted by Crippen LogP contribution is 2.19. The predicted octanol–water partition coefficient (Wildman–Crippen LogP) is 8.79. The molecular formula is C24H47ClO2Si. The first kappa shape index (κ1) is 27.7. The maximum absolute atomic E-state index is 11.1. The van der Waals surface area contributed by atoms with Crippen molar-refractivity contribution in [1.29, 1.82) is 0 Å². The van der Waals surface area contributed by atoms with Gasteiger partial charge in [-0.3, -0.25) is 0 Å². The van der Waals surface area contributed by atoms with Crippen molar-refractivity contribution in [2.24, 2.45) is 0 Å². The van der Waals surface area contributed by atoms with Gasteiger partial charge < -0.3 is 4.74 Å². The number of halogens is 1. The van der Waals surface area contributed by atoms with Crippen molar-refractivity contribution in [3.63, 3.8) is 0 Å². The molecule has 28 heavy (non-hydrogen) atoms. The molecular weight excluding hydrogens is 384 g/mol. The van der Waals surface area contributed by atoms with Crippen LogP contribution >= 0.6 is 11.1 Å². The van der Waals surface area contributed by atoms with Gasteiger partial charge in [-0.15, -0.1) is 0 Å². The van der Waals surface area contributed by atoms with Crippen molar-refractivity contribution in [2.45, 2.75) is 135 Å². The number of carbonyl (C=O) groups is 1. The molecule has 0 amide bonds. The third-order valence-electron chi connectivity index (χ3n) is 5.37. The van der Waals surface area contributed by atoms with Crippen molar-refractivity contribution in [3.8, 4) is 0 Å². The van der Waals surface area contributed by atoms with E-state index >= 15 is 0 Å². The van der Waals surface area contributed by atoms with Crippen LogP contribution in [0.3, 0.4) is 0 Å². The highest BCUT2D eigenvalue weighted by Gasteiger charge is 2.15. The summed E-state index contributed by atoms with van der Waals surface area (Å²) in [5.74, 6) is -0.305. The highest BCUT2D eigenvalue weighted by molar-refractivity contribution is 7.19. The average molecular weight is 431 g/mol. The summed E-state index contributed by atoms with van der Waals surface area (Å²) in [7, 11) is -1.32. The number of hydrogen-bond acceptors (Lipinski definition) is 2. The van der Waals surface area contributed by atoms with E-state index in [9.17, 15) is 4.79 Å². The largest absolute Gasteiger partial charge is 0.460 e. The topological polar surface area (TPSA) is 26.3 Å². The Bertz CT molecular complexity index is 379. The number of unbranched alkanes of at least 4 members (excludes halogenated alkanes) is 14. The summed E-state index contributed by atoms with van der Waals surface area (Å²) in [5, 5.41) is 0. The van der Waals surface area contributed by atoms with E-state index in [-0.39, 0.29) is 12.1 Å². The predicted molar refractivity (Wildman–Crippen MR) is 128 cm³/mol. The summed E-state index contributed by atoms with van der Waals surface area (Å²) >= 11 is 6.35. The second kappa shape index (κ2) is 18.7. The van der Waals surface area contributed by atoms with Gasteiger partial charge in [0.25, 0.3) is 0 Å². The molecule has 0 aromatic rings. The zero-order chi connectivity index (χ0) is 21.1. The summed E-state index contributed by atoms with van der Waals surface area (Å²) in [6.45, 7) is 9.89. The quantitative estimate of drug-likeness (QED) is 0.0633. The Balaban J connectivity index is 3.16. The summed E-state index contributed by atoms with van der Waals surface area (Å²) in [4.78, 5) is 11.1. The van der Waals surface area contributed by atoms with E-state index in [0.29, 0.717) is 0 Å². The van der Waals surface area contributed by atoms with E-state index in [1.54, 1.807) is 0 Å². The third kappa shape index (κ3) is 22.0. The van der Waals surface area contributed by atoms with Crippen molar-refractivity contribution >= 4 is 24.4 Å². The van der Waals surface area contributed by atoms with Crippen LogP contribution < -0.4 is 0 Å². The fourth-order valence-corrected chi connectivity index (χ4v) is 5.07. The molecule has 0 heterocycles. The molecule has 0 saturated heterocycles. The van der Waals surface area contributed by atoms with Gasteiger partial charge in [0.15, 0.2) is 0 Å². The SMILES string of the molecule is C=CC(=O)OC(C)CCCCCCCCCCCCCCCCC[Si](C)(C)Cl. The van der Waals surface area contributed by atoms with Crippen molar-refractivity contribution < 1.29 is 9.53 Å². The Kier molecular flexibility index (Phi) is 18.5. The van der Waals surface area contributed by atoms with Gasteiger partial charge >= 0.3 is 5.97 Å². The standard InChI is InChI=1S/C24H47ClO2Si/c1-5-24(26)27-23(2)21-19-17-15-13-11-9-7-6-8-10-12-14-16-18-20-22-28(3,4)25/h5,23H,1,6-22H2,2-4H3. The van der Waals surface area contributed by atoms with Crippen LogP contribution in [0.15, 0.2) is 12.7 Å². The van der Waals surface area contributed by atoms with Crippen LogP contribution in [0.1, 0.15) is 110 Å². The monoisotopic (exact) mass is 430 g/mol. The fraction of sp³-hybridized carbons (Fsp3) is 0.875. The normalized spacial score (nSPS) is 12.7. The molecule has 0 aromatic heterocycles. The summed E-state index contributed by atoms with van der Waals surface area (Å²) < 4.78 is 5.18. The van der Waals surface area contributed by atoms with Crippen LogP contribution in [-0.2, 0) is 9.53 Å². The number of hydrogen-bond donors (Lipinski definition) is 0. The van der Waals surface area contributed by atoms with Gasteiger partial charge in [0.05, 0.1) is 6.10 Å². The maximum Gasteiger partial charge on any atom is 0.330 e. The molecule has 0 N–H and O–H groups in total. The van der Waals surface area contributed by atoms with Crippen molar-refractivity contribution in [2.75, 3.05) is 0 Å². The Morgan fingerprint density at radius 3 is 1.54 bits per heavy atom.